The first-order valence-electron chi connectivity index (χ1n) is 16.5. The highest BCUT2D eigenvalue weighted by Crippen LogP contribution is 2.35. The third kappa shape index (κ3) is 9.12. The van der Waals surface area contributed by atoms with E-state index in [2.05, 4.69) is 21.9 Å². The highest BCUT2D eigenvalue weighted by atomic mass is 35.5. The highest BCUT2D eigenvalue weighted by Gasteiger charge is 2.51. The molecule has 1 aromatic carbocycles. The molecule has 1 aromatic heterocycles. The predicted octanol–water partition coefficient (Wildman–Crippen LogP) is 6.88. The van der Waals surface area contributed by atoms with Gasteiger partial charge in [0.1, 0.15) is 30.1 Å². The Labute approximate surface area is 281 Å². The van der Waals surface area contributed by atoms with Crippen molar-refractivity contribution in [1.82, 2.24) is 20.2 Å². The fourth-order valence-electron chi connectivity index (χ4n) is 6.33. The van der Waals surface area contributed by atoms with Gasteiger partial charge in [-0.15, -0.1) is 6.58 Å². The zero-order chi connectivity index (χ0) is 34.5. The van der Waals surface area contributed by atoms with E-state index >= 15 is 0 Å². The van der Waals surface area contributed by atoms with Gasteiger partial charge in [0.05, 0.1) is 24.2 Å². The van der Waals surface area contributed by atoms with Crippen LogP contribution in [0.1, 0.15) is 80.1 Å². The number of carbonyl (C=O) groups excluding carboxylic acids is 3. The molecule has 6 atom stereocenters. The van der Waals surface area contributed by atoms with Gasteiger partial charge in [0.15, 0.2) is 5.15 Å². The Bertz CT molecular complexity index is 1450. The molecule has 1 N–H and O–H groups in total. The summed E-state index contributed by atoms with van der Waals surface area (Å²) >= 11 is 6.40. The zero-order valence-electron chi connectivity index (χ0n) is 28.3. The predicted molar refractivity (Wildman–Crippen MR) is 177 cm³/mol. The summed E-state index contributed by atoms with van der Waals surface area (Å²) in [4.78, 5) is 51.2. The van der Waals surface area contributed by atoms with Gasteiger partial charge in [0, 0.05) is 12.0 Å². The molecule has 1 saturated carbocycles. The van der Waals surface area contributed by atoms with Crippen LogP contribution >= 0.6 is 11.6 Å². The summed E-state index contributed by atoms with van der Waals surface area (Å²) in [7, 11) is 0. The SMILES string of the molecule is C=CCCCC1CCC[C@H]1OC(=O)N[C@H](C(=O)N1C[C@H](Oc2nc3cc(F)ccc3nc2Cl)[C@@H](C)[C@H]1C(=O)OCC(C)C)C(C)(C)C. The van der Waals surface area contributed by atoms with Crippen LogP contribution in [0.25, 0.3) is 11.0 Å². The molecule has 10 nitrogen and oxygen atoms in total. The van der Waals surface area contributed by atoms with Crippen molar-refractivity contribution in [2.45, 2.75) is 104 Å². The first kappa shape index (κ1) is 36.4. The van der Waals surface area contributed by atoms with Crippen molar-refractivity contribution in [3.63, 3.8) is 0 Å². The van der Waals surface area contributed by atoms with Gasteiger partial charge < -0.3 is 24.4 Å². The van der Waals surface area contributed by atoms with E-state index in [1.165, 1.54) is 23.1 Å². The third-order valence-corrected chi connectivity index (χ3v) is 9.15. The van der Waals surface area contributed by atoms with Crippen LogP contribution in [0.2, 0.25) is 5.15 Å². The molecule has 1 saturated heterocycles. The topological polar surface area (TPSA) is 120 Å². The zero-order valence-corrected chi connectivity index (χ0v) is 29.0. The summed E-state index contributed by atoms with van der Waals surface area (Å²) in [5.74, 6) is -1.79. The van der Waals surface area contributed by atoms with Crippen LogP contribution in [0.3, 0.4) is 0 Å². The summed E-state index contributed by atoms with van der Waals surface area (Å²) < 4.78 is 31.6. The fraction of sp³-hybridized carbons (Fsp3) is 0.629. The van der Waals surface area contributed by atoms with E-state index in [0.29, 0.717) is 5.52 Å². The summed E-state index contributed by atoms with van der Waals surface area (Å²) in [5, 5.41) is 2.80. The molecule has 2 fully saturated rings. The average Bonchev–Trinajstić information content (AvgIpc) is 3.57. The van der Waals surface area contributed by atoms with Crippen LogP contribution in [0.15, 0.2) is 30.9 Å². The number of allylic oxidation sites excluding steroid dienone is 1. The van der Waals surface area contributed by atoms with Crippen molar-refractivity contribution < 1.29 is 33.0 Å². The Hall–Kier alpha value is -3.47. The number of likely N-dealkylation sites (tertiary alicyclic amines) is 1. The molecule has 258 valence electrons. The van der Waals surface area contributed by atoms with Crippen LogP contribution in [-0.2, 0) is 19.1 Å². The summed E-state index contributed by atoms with van der Waals surface area (Å²) in [6, 6.07) is 1.92. The number of carbonyl (C=O) groups is 3. The summed E-state index contributed by atoms with van der Waals surface area (Å²) in [6.07, 6.45) is 5.85. The number of nitrogens with zero attached hydrogens (tertiary/aromatic N) is 3. The van der Waals surface area contributed by atoms with Gasteiger partial charge in [0.2, 0.25) is 5.91 Å². The minimum Gasteiger partial charge on any atom is -0.470 e. The molecule has 47 heavy (non-hydrogen) atoms. The maximum atomic E-state index is 14.4. The number of unbranched alkanes of at least 4 members (excludes halogenated alkanes) is 1. The van der Waals surface area contributed by atoms with Gasteiger partial charge in [-0.05, 0) is 67.9 Å². The lowest BCUT2D eigenvalue weighted by Crippen LogP contribution is -2.57. The van der Waals surface area contributed by atoms with Crippen molar-refractivity contribution in [2.75, 3.05) is 13.2 Å². The molecule has 12 heteroatoms. The summed E-state index contributed by atoms with van der Waals surface area (Å²) in [5.41, 5.74) is -0.0978. The summed E-state index contributed by atoms with van der Waals surface area (Å²) in [6.45, 7) is 15.1. The van der Waals surface area contributed by atoms with Crippen molar-refractivity contribution in [3.8, 4) is 5.88 Å². The number of hydrogen-bond donors (Lipinski definition) is 1. The van der Waals surface area contributed by atoms with Gasteiger partial charge in [-0.3, -0.25) is 4.79 Å². The lowest BCUT2D eigenvalue weighted by atomic mass is 9.85. The lowest BCUT2D eigenvalue weighted by Gasteiger charge is -2.35. The molecule has 2 amide bonds. The number of esters is 1. The Balaban J connectivity index is 1.56. The van der Waals surface area contributed by atoms with E-state index in [-0.39, 0.29) is 47.6 Å². The Morgan fingerprint density at radius 1 is 1.17 bits per heavy atom. The Morgan fingerprint density at radius 3 is 2.60 bits per heavy atom. The van der Waals surface area contributed by atoms with E-state index in [1.54, 1.807) is 6.92 Å². The maximum absolute atomic E-state index is 14.4. The quantitative estimate of drug-likeness (QED) is 0.147. The molecule has 2 aromatic rings. The number of ether oxygens (including phenoxy) is 3. The first-order valence-corrected chi connectivity index (χ1v) is 16.9. The second-order valence-corrected chi connectivity index (χ2v) is 14.6. The van der Waals surface area contributed by atoms with Gasteiger partial charge in [-0.25, -0.2) is 23.9 Å². The molecule has 1 unspecified atom stereocenters. The Kier molecular flexibility index (Phi) is 12.1. The van der Waals surface area contributed by atoms with Crippen molar-refractivity contribution >= 4 is 40.6 Å². The van der Waals surface area contributed by atoms with Crippen LogP contribution < -0.4 is 10.1 Å². The maximum Gasteiger partial charge on any atom is 0.408 e. The van der Waals surface area contributed by atoms with E-state index in [9.17, 15) is 18.8 Å². The van der Waals surface area contributed by atoms with Gasteiger partial charge >= 0.3 is 12.1 Å². The van der Waals surface area contributed by atoms with Crippen LogP contribution in [0, 0.1) is 29.0 Å². The number of amides is 2. The largest absolute Gasteiger partial charge is 0.470 e. The molecule has 1 aliphatic heterocycles. The lowest BCUT2D eigenvalue weighted by molar-refractivity contribution is -0.156. The van der Waals surface area contributed by atoms with Crippen molar-refractivity contribution in [1.29, 1.82) is 0 Å². The van der Waals surface area contributed by atoms with Crippen LogP contribution in [0.4, 0.5) is 9.18 Å². The van der Waals surface area contributed by atoms with Crippen LogP contribution in [-0.4, -0.2) is 70.3 Å². The fourth-order valence-corrected chi connectivity index (χ4v) is 6.51. The van der Waals surface area contributed by atoms with Crippen molar-refractivity contribution in [2.24, 2.45) is 23.2 Å². The molecule has 2 heterocycles. The molecule has 0 spiro atoms. The van der Waals surface area contributed by atoms with Gasteiger partial charge in [0.25, 0.3) is 5.88 Å². The van der Waals surface area contributed by atoms with Crippen LogP contribution in [0.5, 0.6) is 5.88 Å². The highest BCUT2D eigenvalue weighted by molar-refractivity contribution is 6.31. The molecular formula is C35H48ClFN4O6. The molecule has 4 rings (SSSR count). The number of benzene rings is 1. The average molecular weight is 675 g/mol. The van der Waals surface area contributed by atoms with E-state index < -0.39 is 53.3 Å². The minimum atomic E-state index is -1.02. The standard InChI is InChI=1S/C35H48ClFN4O6/c1-8-9-10-12-22-13-11-14-26(22)47-34(44)40-29(35(5,6)7)32(42)41-18-27(21(4)28(41)33(43)45-19-20(2)3)46-31-30(36)38-24-16-15-23(37)17-25(24)39-31/h8,15-17,20-22,26-29H,1,9-14,18-19H2,2-7H3,(H,40,44)/t21-,22?,26-,27+,28+,29-/m1/s1. The normalized spacial score (nSPS) is 23.5. The number of alkyl carbamates (subject to hydrolysis) is 1. The second-order valence-electron chi connectivity index (χ2n) is 14.2. The number of rotatable bonds is 12. The number of nitrogens with one attached hydrogen (secondary N) is 1. The third-order valence-electron chi connectivity index (χ3n) is 8.90. The van der Waals surface area contributed by atoms with E-state index in [0.717, 1.165) is 38.5 Å². The van der Waals surface area contributed by atoms with E-state index in [4.69, 9.17) is 25.8 Å². The molecule has 1 aliphatic carbocycles. The number of fused-ring (bicyclic) bond motifs is 1. The molecule has 2 aliphatic rings. The number of aromatic nitrogens is 2. The molecule has 0 bridgehead atoms. The first-order chi connectivity index (χ1) is 22.2. The minimum absolute atomic E-state index is 0.0159. The van der Waals surface area contributed by atoms with E-state index in [1.807, 2.05) is 40.7 Å². The Morgan fingerprint density at radius 2 is 1.91 bits per heavy atom. The number of hydrogen-bond acceptors (Lipinski definition) is 8. The van der Waals surface area contributed by atoms with Crippen molar-refractivity contribution in [3.05, 3.63) is 41.8 Å². The smallest absolute Gasteiger partial charge is 0.408 e. The number of halogens is 2. The van der Waals surface area contributed by atoms with Gasteiger partial charge in [-0.1, -0.05) is 59.2 Å². The second kappa shape index (κ2) is 15.6. The molecular weight excluding hydrogens is 627 g/mol. The molecule has 0 radical (unpaired) electrons. The monoisotopic (exact) mass is 674 g/mol. The van der Waals surface area contributed by atoms with Gasteiger partial charge in [-0.2, -0.15) is 0 Å².